The summed E-state index contributed by atoms with van der Waals surface area (Å²) in [5.74, 6) is 0. The summed E-state index contributed by atoms with van der Waals surface area (Å²) in [6.07, 6.45) is 3.69. The van der Waals surface area contributed by atoms with Gasteiger partial charge in [-0.1, -0.05) is 19.8 Å². The number of ether oxygens (including phenoxy) is 1. The van der Waals surface area contributed by atoms with Crippen molar-refractivity contribution in [3.8, 4) is 0 Å². The van der Waals surface area contributed by atoms with Crippen LogP contribution in [0.2, 0.25) is 0 Å². The van der Waals surface area contributed by atoms with Crippen LogP contribution in [0.25, 0.3) is 0 Å². The van der Waals surface area contributed by atoms with Crippen LogP contribution in [0, 0.1) is 6.07 Å². The Bertz CT molecular complexity index is 216. The van der Waals surface area contributed by atoms with E-state index < -0.39 is 0 Å². The Balaban J connectivity index is 0.000000921. The van der Waals surface area contributed by atoms with E-state index in [2.05, 4.69) is 32.7 Å². The van der Waals surface area contributed by atoms with Crippen LogP contribution >= 0.6 is 13.6 Å². The van der Waals surface area contributed by atoms with E-state index in [1.165, 1.54) is 41.2 Å². The van der Waals surface area contributed by atoms with Gasteiger partial charge in [0.25, 0.3) is 0 Å². The Kier molecular flexibility index (Phi) is 12.6. The van der Waals surface area contributed by atoms with E-state index in [9.17, 15) is 0 Å². The van der Waals surface area contributed by atoms with E-state index in [1.807, 2.05) is 18.2 Å². The van der Waals surface area contributed by atoms with Gasteiger partial charge in [0, 0.05) is 13.2 Å². The molecule has 0 bridgehead atoms. The molecule has 0 unspecified atom stereocenters. The van der Waals surface area contributed by atoms with E-state index in [0.29, 0.717) is 0 Å². The molecule has 1 rings (SSSR count). The molecule has 0 spiro atoms. The fourth-order valence-electron chi connectivity index (χ4n) is 1.16. The van der Waals surface area contributed by atoms with Crippen molar-refractivity contribution in [3.05, 3.63) is 35.9 Å². The Morgan fingerprint density at radius 2 is 2.20 bits per heavy atom. The first-order valence-corrected chi connectivity index (χ1v) is 12.2. The van der Waals surface area contributed by atoms with Gasteiger partial charge in [0.2, 0.25) is 0 Å². The normalized spacial score (nSPS) is 9.33. The quantitative estimate of drug-likeness (QED) is 0.436. The summed E-state index contributed by atoms with van der Waals surface area (Å²) in [5, 5.41) is 0. The Hall–Kier alpha value is 0.283. The van der Waals surface area contributed by atoms with Crippen LogP contribution in [-0.4, -0.2) is 6.61 Å². The van der Waals surface area contributed by atoms with Gasteiger partial charge in [-0.15, -0.1) is 5.56 Å². The first-order chi connectivity index (χ1) is 7.43. The molecule has 80 valence electrons. The molecule has 0 N–H and O–H groups in total. The predicted molar refractivity (Wildman–Crippen MR) is 63.4 cm³/mol. The molecule has 0 amide bonds. The molecule has 0 saturated heterocycles. The van der Waals surface area contributed by atoms with Gasteiger partial charge in [0.1, 0.15) is 0 Å². The van der Waals surface area contributed by atoms with Crippen LogP contribution in [0.3, 0.4) is 0 Å². The van der Waals surface area contributed by atoms with Crippen LogP contribution in [0.5, 0.6) is 0 Å². The van der Waals surface area contributed by atoms with Crippen molar-refractivity contribution in [2.45, 2.75) is 32.8 Å². The third-order valence-electron chi connectivity index (χ3n) is 1.93. The second-order valence-corrected chi connectivity index (χ2v) is 3.17. The zero-order valence-electron chi connectivity index (χ0n) is 9.34. The molecule has 0 atom stereocenters. The van der Waals surface area contributed by atoms with Gasteiger partial charge >= 0.3 is 30.0 Å². The molecule has 0 radical (unpaired) electrons. The average molecular weight is 323 g/mol. The van der Waals surface area contributed by atoms with Crippen molar-refractivity contribution in [3.63, 3.8) is 0 Å². The van der Waals surface area contributed by atoms with E-state index >= 15 is 0 Å². The van der Waals surface area contributed by atoms with E-state index in [0.717, 1.165) is 13.2 Å². The average Bonchev–Trinajstić information content (AvgIpc) is 2.33. The molecule has 0 heterocycles. The predicted octanol–water partition coefficient (Wildman–Crippen LogP) is 4.04. The minimum atomic E-state index is 0.723. The third-order valence-corrected chi connectivity index (χ3v) is 1.93. The molecular formula is C12H17BrOZn. The molecule has 0 aromatic heterocycles. The standard InChI is InChI=1S/C12H17O.BrH.Zn/c1-2-3-7-10-13-11-12-8-5-4-6-9-12;;/h4-5,8-9H,2-3,7,10-11H2,1H3;1H;/q-1;;+2/p-1. The summed E-state index contributed by atoms with van der Waals surface area (Å²) in [4.78, 5) is 0. The van der Waals surface area contributed by atoms with Crippen molar-refractivity contribution < 1.29 is 21.1 Å². The summed E-state index contributed by atoms with van der Waals surface area (Å²) in [6.45, 7) is 3.80. The molecule has 1 aromatic rings. The molecule has 15 heavy (non-hydrogen) atoms. The Morgan fingerprint density at radius 1 is 1.40 bits per heavy atom. The maximum atomic E-state index is 5.50. The molecule has 0 aliphatic carbocycles. The van der Waals surface area contributed by atoms with Crippen LogP contribution in [0.15, 0.2) is 24.3 Å². The zero-order chi connectivity index (χ0) is 11.4. The molecule has 3 heteroatoms. The van der Waals surface area contributed by atoms with E-state index in [-0.39, 0.29) is 0 Å². The van der Waals surface area contributed by atoms with Crippen molar-refractivity contribution in [1.82, 2.24) is 0 Å². The van der Waals surface area contributed by atoms with E-state index in [4.69, 9.17) is 4.74 Å². The second kappa shape index (κ2) is 12.4. The number of halogens is 1. The van der Waals surface area contributed by atoms with Crippen LogP contribution in [0.1, 0.15) is 31.7 Å². The minimum absolute atomic E-state index is 0.723. The first kappa shape index (κ1) is 15.3. The summed E-state index contributed by atoms with van der Waals surface area (Å²) in [6, 6.07) is 11.0. The number of hydrogen-bond acceptors (Lipinski definition) is 1. The summed E-state index contributed by atoms with van der Waals surface area (Å²) < 4.78 is 5.50. The molecule has 0 saturated carbocycles. The van der Waals surface area contributed by atoms with Crippen LogP contribution < -0.4 is 0 Å². The van der Waals surface area contributed by atoms with Gasteiger partial charge in [-0.2, -0.15) is 30.3 Å². The molecule has 0 aliphatic rings. The van der Waals surface area contributed by atoms with Crippen LogP contribution in [0.4, 0.5) is 0 Å². The number of rotatable bonds is 6. The SMILES string of the molecule is CCCCCOCc1c[c-]ccc1.[Zn+][Br]. The van der Waals surface area contributed by atoms with Gasteiger partial charge < -0.3 is 4.74 Å². The van der Waals surface area contributed by atoms with Gasteiger partial charge in [-0.25, -0.2) is 0 Å². The molecule has 0 fully saturated rings. The Morgan fingerprint density at radius 3 is 2.80 bits per heavy atom. The van der Waals surface area contributed by atoms with Gasteiger partial charge in [-0.05, 0) is 6.42 Å². The number of benzene rings is 1. The van der Waals surface area contributed by atoms with Gasteiger partial charge in [0.15, 0.2) is 0 Å². The summed E-state index contributed by atoms with van der Waals surface area (Å²) >= 11 is 4.25. The molecule has 0 aliphatic heterocycles. The summed E-state index contributed by atoms with van der Waals surface area (Å²) in [7, 11) is 0. The molecule has 1 aromatic carbocycles. The van der Waals surface area contributed by atoms with E-state index in [1.54, 1.807) is 0 Å². The molecule has 1 nitrogen and oxygen atoms in total. The van der Waals surface area contributed by atoms with Crippen molar-refractivity contribution >= 4 is 13.6 Å². The fourth-order valence-corrected chi connectivity index (χ4v) is 1.16. The van der Waals surface area contributed by atoms with Gasteiger partial charge in [0.05, 0.1) is 0 Å². The summed E-state index contributed by atoms with van der Waals surface area (Å²) in [5.41, 5.74) is 1.21. The van der Waals surface area contributed by atoms with Crippen molar-refractivity contribution in [1.29, 1.82) is 0 Å². The van der Waals surface area contributed by atoms with Crippen molar-refractivity contribution in [2.75, 3.05) is 6.61 Å². The fraction of sp³-hybridized carbons (Fsp3) is 0.500. The zero-order valence-corrected chi connectivity index (χ0v) is 13.9. The van der Waals surface area contributed by atoms with Crippen molar-refractivity contribution in [2.24, 2.45) is 0 Å². The van der Waals surface area contributed by atoms with Crippen LogP contribution in [-0.2, 0) is 27.7 Å². The monoisotopic (exact) mass is 320 g/mol. The molecular weight excluding hydrogens is 305 g/mol. The number of hydrogen-bond donors (Lipinski definition) is 0. The van der Waals surface area contributed by atoms with Gasteiger partial charge in [-0.3, -0.25) is 0 Å². The first-order valence-electron chi connectivity index (χ1n) is 5.23. The Labute approximate surface area is 110 Å². The maximum absolute atomic E-state index is 5.50. The number of unbranched alkanes of at least 4 members (excludes halogenated alkanes) is 2. The second-order valence-electron chi connectivity index (χ2n) is 3.17. The topological polar surface area (TPSA) is 9.23 Å². The third kappa shape index (κ3) is 9.23.